The van der Waals surface area contributed by atoms with Crippen LogP contribution < -0.4 is 9.62 Å². The third kappa shape index (κ3) is 4.79. The van der Waals surface area contributed by atoms with E-state index in [0.29, 0.717) is 16.2 Å². The van der Waals surface area contributed by atoms with Crippen LogP contribution in [0.1, 0.15) is 12.8 Å². The molecule has 0 aliphatic carbocycles. The molecule has 1 heterocycles. The third-order valence-corrected chi connectivity index (χ3v) is 5.40. The minimum absolute atomic E-state index is 0.119. The molecule has 1 N–H and O–H groups in total. The normalized spacial score (nSPS) is 12.4. The van der Waals surface area contributed by atoms with Gasteiger partial charge in [0.2, 0.25) is 27.6 Å². The number of halogens is 2. The van der Waals surface area contributed by atoms with Gasteiger partial charge >= 0.3 is 0 Å². The van der Waals surface area contributed by atoms with E-state index in [1.165, 1.54) is 6.92 Å². The molecule has 1 aromatic heterocycles. The van der Waals surface area contributed by atoms with E-state index in [-0.39, 0.29) is 18.1 Å². The maximum absolute atomic E-state index is 13.6. The van der Waals surface area contributed by atoms with Gasteiger partial charge in [0.05, 0.1) is 18.5 Å². The molecule has 3 rings (SSSR count). The molecule has 3 aromatic rings. The van der Waals surface area contributed by atoms with Crippen molar-refractivity contribution >= 4 is 21.6 Å². The van der Waals surface area contributed by atoms with Crippen LogP contribution in [0.2, 0.25) is 0 Å². The standard InChI is InChI=1S/C19H18F2N4O4S/c1-12(25(30(2,27)28)14-8-9-15(20)16(21)10-14)19(26)22-11-17-23-18(24-29-17)13-6-4-3-5-7-13/h3-10,12H,11H2,1-2H3,(H,22,26). The molecule has 1 atom stereocenters. The third-order valence-electron chi connectivity index (χ3n) is 4.16. The Kier molecular flexibility index (Phi) is 6.11. The highest BCUT2D eigenvalue weighted by molar-refractivity contribution is 7.92. The number of sulfonamides is 1. The van der Waals surface area contributed by atoms with Crippen molar-refractivity contribution in [2.75, 3.05) is 10.6 Å². The summed E-state index contributed by atoms with van der Waals surface area (Å²) in [4.78, 5) is 16.7. The highest BCUT2D eigenvalue weighted by Gasteiger charge is 2.30. The molecular formula is C19H18F2N4O4S. The molecule has 0 aliphatic rings. The number of nitrogens with one attached hydrogen (secondary N) is 1. The summed E-state index contributed by atoms with van der Waals surface area (Å²) in [6.07, 6.45) is 0.863. The Hall–Kier alpha value is -3.34. The van der Waals surface area contributed by atoms with Gasteiger partial charge in [0.25, 0.3) is 0 Å². The lowest BCUT2D eigenvalue weighted by Crippen LogP contribution is -2.47. The minimum atomic E-state index is -3.97. The molecule has 0 aliphatic heterocycles. The average Bonchev–Trinajstić information content (AvgIpc) is 3.17. The van der Waals surface area contributed by atoms with E-state index in [9.17, 15) is 22.0 Å². The van der Waals surface area contributed by atoms with Crippen molar-refractivity contribution in [1.29, 1.82) is 0 Å². The van der Waals surface area contributed by atoms with Crippen molar-refractivity contribution < 1.29 is 26.5 Å². The number of aromatic nitrogens is 2. The van der Waals surface area contributed by atoms with Gasteiger partial charge in [-0.1, -0.05) is 35.5 Å². The van der Waals surface area contributed by atoms with Crippen molar-refractivity contribution in [1.82, 2.24) is 15.5 Å². The monoisotopic (exact) mass is 436 g/mol. The van der Waals surface area contributed by atoms with Gasteiger partial charge in [0.1, 0.15) is 6.04 Å². The second-order valence-corrected chi connectivity index (χ2v) is 8.29. The summed E-state index contributed by atoms with van der Waals surface area (Å²) in [5.41, 5.74) is 0.553. The lowest BCUT2D eigenvalue weighted by Gasteiger charge is -2.28. The number of anilines is 1. The molecule has 0 fully saturated rings. The molecule has 0 spiro atoms. The first-order valence-electron chi connectivity index (χ1n) is 8.77. The predicted octanol–water partition coefficient (Wildman–Crippen LogP) is 2.49. The SMILES string of the molecule is CC(C(=O)NCc1nc(-c2ccccc2)no1)N(c1ccc(F)c(F)c1)S(C)(=O)=O. The Bertz CT molecular complexity index is 1150. The Morgan fingerprint density at radius 3 is 2.50 bits per heavy atom. The van der Waals surface area contributed by atoms with Gasteiger partial charge in [-0.2, -0.15) is 4.98 Å². The zero-order valence-electron chi connectivity index (χ0n) is 16.0. The number of nitrogens with zero attached hydrogens (tertiary/aromatic N) is 3. The fourth-order valence-corrected chi connectivity index (χ4v) is 3.94. The van der Waals surface area contributed by atoms with Crippen LogP contribution in [-0.2, 0) is 21.4 Å². The van der Waals surface area contributed by atoms with Crippen molar-refractivity contribution in [2.45, 2.75) is 19.5 Å². The number of benzene rings is 2. The Morgan fingerprint density at radius 2 is 1.87 bits per heavy atom. The van der Waals surface area contributed by atoms with Crippen molar-refractivity contribution in [2.24, 2.45) is 0 Å². The van der Waals surface area contributed by atoms with Gasteiger partial charge in [0.15, 0.2) is 11.6 Å². The molecule has 1 amide bonds. The van der Waals surface area contributed by atoms with E-state index >= 15 is 0 Å². The van der Waals surface area contributed by atoms with Crippen LogP contribution in [0.3, 0.4) is 0 Å². The van der Waals surface area contributed by atoms with Crippen LogP contribution >= 0.6 is 0 Å². The van der Waals surface area contributed by atoms with Crippen LogP contribution in [0.5, 0.6) is 0 Å². The van der Waals surface area contributed by atoms with E-state index in [4.69, 9.17) is 4.52 Å². The van der Waals surface area contributed by atoms with Crippen LogP contribution in [0, 0.1) is 11.6 Å². The van der Waals surface area contributed by atoms with Gasteiger partial charge in [-0.15, -0.1) is 0 Å². The summed E-state index contributed by atoms with van der Waals surface area (Å²) in [6.45, 7) is 1.18. The van der Waals surface area contributed by atoms with Crippen molar-refractivity contribution in [3.8, 4) is 11.4 Å². The largest absolute Gasteiger partial charge is 0.345 e. The first-order chi connectivity index (χ1) is 14.2. The maximum Gasteiger partial charge on any atom is 0.246 e. The molecule has 11 heteroatoms. The van der Waals surface area contributed by atoms with Crippen molar-refractivity contribution in [3.05, 3.63) is 66.1 Å². The lowest BCUT2D eigenvalue weighted by molar-refractivity contribution is -0.122. The smallest absolute Gasteiger partial charge is 0.246 e. The van der Waals surface area contributed by atoms with E-state index in [0.717, 1.165) is 24.0 Å². The molecule has 158 valence electrons. The molecule has 0 bridgehead atoms. The number of carbonyl (C=O) groups is 1. The predicted molar refractivity (Wildman–Crippen MR) is 105 cm³/mol. The molecule has 0 radical (unpaired) electrons. The second kappa shape index (κ2) is 8.57. The first kappa shape index (κ1) is 21.4. The van der Waals surface area contributed by atoms with Gasteiger partial charge in [-0.05, 0) is 19.1 Å². The van der Waals surface area contributed by atoms with Crippen LogP contribution in [0.15, 0.2) is 53.1 Å². The summed E-state index contributed by atoms with van der Waals surface area (Å²) < 4.78 is 57.0. The summed E-state index contributed by atoms with van der Waals surface area (Å²) in [5, 5.41) is 6.33. The van der Waals surface area contributed by atoms with Crippen LogP contribution in [0.4, 0.5) is 14.5 Å². The first-order valence-corrected chi connectivity index (χ1v) is 10.6. The zero-order chi connectivity index (χ0) is 21.9. The number of rotatable bonds is 7. The molecule has 2 aromatic carbocycles. The van der Waals surface area contributed by atoms with Gasteiger partial charge in [-0.3, -0.25) is 9.10 Å². The van der Waals surface area contributed by atoms with E-state index in [2.05, 4.69) is 15.5 Å². The van der Waals surface area contributed by atoms with Gasteiger partial charge < -0.3 is 9.84 Å². The zero-order valence-corrected chi connectivity index (χ0v) is 16.9. The van der Waals surface area contributed by atoms with Gasteiger partial charge in [-0.25, -0.2) is 17.2 Å². The average molecular weight is 436 g/mol. The minimum Gasteiger partial charge on any atom is -0.345 e. The van der Waals surface area contributed by atoms with Crippen molar-refractivity contribution in [3.63, 3.8) is 0 Å². The summed E-state index contributed by atoms with van der Waals surface area (Å²) >= 11 is 0. The van der Waals surface area contributed by atoms with Crippen LogP contribution in [-0.4, -0.2) is 36.8 Å². The summed E-state index contributed by atoms with van der Waals surface area (Å²) in [7, 11) is -3.97. The molecular weight excluding hydrogens is 418 g/mol. The number of hydrogen-bond acceptors (Lipinski definition) is 6. The van der Waals surface area contributed by atoms with E-state index < -0.39 is 33.6 Å². The quantitative estimate of drug-likeness (QED) is 0.610. The fourth-order valence-electron chi connectivity index (χ4n) is 2.77. The molecule has 1 unspecified atom stereocenters. The lowest BCUT2D eigenvalue weighted by atomic mass is 10.2. The topological polar surface area (TPSA) is 105 Å². The highest BCUT2D eigenvalue weighted by Crippen LogP contribution is 2.23. The van der Waals surface area contributed by atoms with E-state index in [1.807, 2.05) is 18.2 Å². The second-order valence-electron chi connectivity index (χ2n) is 6.43. The molecule has 0 saturated carbocycles. The van der Waals surface area contributed by atoms with Crippen LogP contribution in [0.25, 0.3) is 11.4 Å². The molecule has 0 saturated heterocycles. The Balaban J connectivity index is 1.73. The number of carbonyl (C=O) groups excluding carboxylic acids is 1. The summed E-state index contributed by atoms with van der Waals surface area (Å²) in [5.74, 6) is -2.59. The Labute approximate surface area is 171 Å². The molecule has 30 heavy (non-hydrogen) atoms. The van der Waals surface area contributed by atoms with E-state index in [1.54, 1.807) is 12.1 Å². The van der Waals surface area contributed by atoms with Gasteiger partial charge in [0, 0.05) is 11.6 Å². The Morgan fingerprint density at radius 1 is 1.17 bits per heavy atom. The fraction of sp³-hybridized carbons (Fsp3) is 0.211. The number of hydrogen-bond donors (Lipinski definition) is 1. The maximum atomic E-state index is 13.6. The highest BCUT2D eigenvalue weighted by atomic mass is 32.2. The summed E-state index contributed by atoms with van der Waals surface area (Å²) in [6, 6.07) is 10.4. The molecule has 8 nitrogen and oxygen atoms in total. The number of amides is 1.